The highest BCUT2D eigenvalue weighted by atomic mass is 35.5. The van der Waals surface area contributed by atoms with Crippen LogP contribution in [0.5, 0.6) is 11.6 Å². The quantitative estimate of drug-likeness (QED) is 0.442. The van der Waals surface area contributed by atoms with E-state index in [0.717, 1.165) is 11.1 Å². The Morgan fingerprint density at radius 1 is 1.13 bits per heavy atom. The van der Waals surface area contributed by atoms with Gasteiger partial charge in [-0.1, -0.05) is 17.7 Å². The summed E-state index contributed by atoms with van der Waals surface area (Å²) in [5.41, 5.74) is 2.37. The highest BCUT2D eigenvalue weighted by molar-refractivity contribution is 6.32. The van der Waals surface area contributed by atoms with Gasteiger partial charge in [0.1, 0.15) is 23.9 Å². The third-order valence-electron chi connectivity index (χ3n) is 4.29. The zero-order valence-corrected chi connectivity index (χ0v) is 17.6. The largest absolute Gasteiger partial charge is 0.487 e. The summed E-state index contributed by atoms with van der Waals surface area (Å²) in [4.78, 5) is 12.9. The third-order valence-corrected chi connectivity index (χ3v) is 4.60. The molecular formula is C20H19ClN8O2. The third kappa shape index (κ3) is 5.04. The van der Waals surface area contributed by atoms with Crippen molar-refractivity contribution < 1.29 is 9.47 Å². The number of nitrogens with one attached hydrogen (secondary N) is 1. The van der Waals surface area contributed by atoms with Gasteiger partial charge in [0.2, 0.25) is 11.8 Å². The molecule has 3 heterocycles. The summed E-state index contributed by atoms with van der Waals surface area (Å²) in [6.07, 6.45) is 6.43. The Morgan fingerprint density at radius 3 is 2.71 bits per heavy atom. The molecule has 0 saturated heterocycles. The number of hydrogen-bond donors (Lipinski definition) is 1. The van der Waals surface area contributed by atoms with Crippen LogP contribution in [0.25, 0.3) is 11.1 Å². The fourth-order valence-electron chi connectivity index (χ4n) is 2.87. The van der Waals surface area contributed by atoms with E-state index >= 15 is 0 Å². The number of benzene rings is 1. The average molecular weight is 439 g/mol. The fraction of sp³-hybridized carbons (Fsp3) is 0.200. The Balaban J connectivity index is 1.48. The van der Waals surface area contributed by atoms with Gasteiger partial charge in [-0.25, -0.2) is 19.6 Å². The molecule has 4 rings (SSSR count). The van der Waals surface area contributed by atoms with Crippen LogP contribution in [-0.2, 0) is 6.54 Å². The molecule has 0 saturated carbocycles. The van der Waals surface area contributed by atoms with E-state index in [2.05, 4.69) is 35.8 Å². The molecule has 0 amide bonds. The predicted molar refractivity (Wildman–Crippen MR) is 114 cm³/mol. The molecule has 0 aliphatic rings. The Kier molecular flexibility index (Phi) is 6.18. The van der Waals surface area contributed by atoms with Gasteiger partial charge in [0.15, 0.2) is 0 Å². The van der Waals surface area contributed by atoms with E-state index in [1.165, 1.54) is 6.33 Å². The fourth-order valence-corrected chi connectivity index (χ4v) is 3.03. The number of pyridine rings is 1. The second-order valence-corrected chi connectivity index (χ2v) is 6.99. The van der Waals surface area contributed by atoms with Gasteiger partial charge in [-0.15, -0.1) is 5.10 Å². The molecule has 3 aromatic heterocycles. The second kappa shape index (κ2) is 9.35. The van der Waals surface area contributed by atoms with E-state index in [1.807, 2.05) is 25.1 Å². The highest BCUT2D eigenvalue weighted by Gasteiger charge is 2.12. The van der Waals surface area contributed by atoms with Crippen molar-refractivity contribution in [2.45, 2.75) is 19.6 Å². The molecule has 0 fully saturated rings. The number of rotatable bonds is 8. The monoisotopic (exact) mass is 438 g/mol. The first kappa shape index (κ1) is 20.5. The molecule has 4 aromatic rings. The van der Waals surface area contributed by atoms with E-state index in [-0.39, 0.29) is 6.10 Å². The van der Waals surface area contributed by atoms with Crippen LogP contribution in [0.15, 0.2) is 55.2 Å². The van der Waals surface area contributed by atoms with Crippen molar-refractivity contribution in [3.8, 4) is 22.8 Å². The minimum absolute atomic E-state index is 0.187. The molecule has 0 aliphatic carbocycles. The minimum atomic E-state index is -0.187. The summed E-state index contributed by atoms with van der Waals surface area (Å²) in [7, 11) is 1.56. The number of hydrogen-bond acceptors (Lipinski definition) is 9. The van der Waals surface area contributed by atoms with Crippen LogP contribution >= 0.6 is 11.6 Å². The lowest BCUT2D eigenvalue weighted by Gasteiger charge is -2.16. The van der Waals surface area contributed by atoms with Gasteiger partial charge in [0.05, 0.1) is 18.7 Å². The molecule has 1 unspecified atom stereocenters. The van der Waals surface area contributed by atoms with Crippen molar-refractivity contribution in [3.63, 3.8) is 0 Å². The van der Waals surface area contributed by atoms with Gasteiger partial charge in [-0.2, -0.15) is 0 Å². The number of ether oxygens (including phenoxy) is 2. The highest BCUT2D eigenvalue weighted by Crippen LogP contribution is 2.31. The lowest BCUT2D eigenvalue weighted by atomic mass is 10.1. The molecule has 31 heavy (non-hydrogen) atoms. The summed E-state index contributed by atoms with van der Waals surface area (Å²) in [5, 5.41) is 14.7. The molecule has 10 nitrogen and oxygen atoms in total. The molecule has 11 heteroatoms. The van der Waals surface area contributed by atoms with Crippen LogP contribution in [0.2, 0.25) is 5.02 Å². The van der Waals surface area contributed by atoms with Crippen molar-refractivity contribution in [1.82, 2.24) is 35.2 Å². The Hall–Kier alpha value is -3.79. The van der Waals surface area contributed by atoms with E-state index in [0.29, 0.717) is 34.8 Å². The smallest absolute Gasteiger partial charge is 0.237 e. The number of halogens is 1. The predicted octanol–water partition coefficient (Wildman–Crippen LogP) is 3.40. The normalized spacial score (nSPS) is 11.7. The van der Waals surface area contributed by atoms with Gasteiger partial charge in [-0.3, -0.25) is 0 Å². The van der Waals surface area contributed by atoms with Gasteiger partial charge in [0, 0.05) is 24.2 Å². The number of tetrazole rings is 1. The summed E-state index contributed by atoms with van der Waals surface area (Å²) in [6.45, 7) is 2.41. The van der Waals surface area contributed by atoms with Crippen molar-refractivity contribution in [1.29, 1.82) is 0 Å². The number of aromatic nitrogens is 7. The number of anilines is 2. The van der Waals surface area contributed by atoms with E-state index in [9.17, 15) is 0 Å². The number of methoxy groups -OCH3 is 1. The van der Waals surface area contributed by atoms with Crippen LogP contribution in [0, 0.1) is 0 Å². The molecule has 0 spiro atoms. The SMILES string of the molecule is COc1ncccc1Nc1ncc(-c2ccc(Cl)c(OC(C)Cn3cnnn3)c2)cn1. The Labute approximate surface area is 183 Å². The van der Waals surface area contributed by atoms with Crippen LogP contribution in [0.1, 0.15) is 6.92 Å². The topological polar surface area (TPSA) is 113 Å². The van der Waals surface area contributed by atoms with Crippen molar-refractivity contribution in [3.05, 3.63) is 60.3 Å². The van der Waals surface area contributed by atoms with Gasteiger partial charge < -0.3 is 14.8 Å². The van der Waals surface area contributed by atoms with Crippen molar-refractivity contribution in [2.24, 2.45) is 0 Å². The lowest BCUT2D eigenvalue weighted by Crippen LogP contribution is -2.20. The Bertz CT molecular complexity index is 1140. The zero-order valence-electron chi connectivity index (χ0n) is 16.8. The summed E-state index contributed by atoms with van der Waals surface area (Å²) in [6, 6.07) is 9.16. The first-order chi connectivity index (χ1) is 15.1. The molecule has 0 radical (unpaired) electrons. The molecule has 0 bridgehead atoms. The van der Waals surface area contributed by atoms with Gasteiger partial charge >= 0.3 is 0 Å². The number of nitrogens with zero attached hydrogens (tertiary/aromatic N) is 7. The van der Waals surface area contributed by atoms with Crippen molar-refractivity contribution >= 4 is 23.2 Å². The maximum absolute atomic E-state index is 6.32. The second-order valence-electron chi connectivity index (χ2n) is 6.59. The van der Waals surface area contributed by atoms with Crippen LogP contribution in [-0.4, -0.2) is 48.4 Å². The molecular weight excluding hydrogens is 420 g/mol. The minimum Gasteiger partial charge on any atom is -0.487 e. The van der Waals surface area contributed by atoms with E-state index in [4.69, 9.17) is 21.1 Å². The standard InChI is InChI=1S/C20H19ClN8O2/c1-13(11-29-12-25-27-28-29)31-18-8-14(5-6-16(18)21)15-9-23-20(24-10-15)26-17-4-3-7-22-19(17)30-2/h3-10,12-13H,11H2,1-2H3,(H,23,24,26). The lowest BCUT2D eigenvalue weighted by molar-refractivity contribution is 0.193. The molecule has 0 aliphatic heterocycles. The maximum atomic E-state index is 6.32. The first-order valence-electron chi connectivity index (χ1n) is 9.38. The maximum Gasteiger partial charge on any atom is 0.237 e. The molecule has 1 atom stereocenters. The van der Waals surface area contributed by atoms with Crippen LogP contribution in [0.3, 0.4) is 0 Å². The van der Waals surface area contributed by atoms with Crippen LogP contribution < -0.4 is 14.8 Å². The Morgan fingerprint density at radius 2 is 1.97 bits per heavy atom. The summed E-state index contributed by atoms with van der Waals surface area (Å²) in [5.74, 6) is 1.45. The first-order valence-corrected chi connectivity index (χ1v) is 9.75. The van der Waals surface area contributed by atoms with E-state index in [1.54, 1.807) is 42.5 Å². The molecule has 1 N–H and O–H groups in total. The zero-order chi connectivity index (χ0) is 21.6. The van der Waals surface area contributed by atoms with Gasteiger partial charge in [0.25, 0.3) is 0 Å². The molecule has 158 valence electrons. The molecule has 1 aromatic carbocycles. The van der Waals surface area contributed by atoms with Crippen molar-refractivity contribution in [2.75, 3.05) is 12.4 Å². The average Bonchev–Trinajstić information content (AvgIpc) is 3.29. The van der Waals surface area contributed by atoms with Crippen LogP contribution in [0.4, 0.5) is 11.6 Å². The summed E-state index contributed by atoms with van der Waals surface area (Å²) < 4.78 is 12.8. The summed E-state index contributed by atoms with van der Waals surface area (Å²) >= 11 is 6.32. The van der Waals surface area contributed by atoms with E-state index < -0.39 is 0 Å². The van der Waals surface area contributed by atoms with Gasteiger partial charge in [-0.05, 0) is 47.2 Å².